The van der Waals surface area contributed by atoms with Crippen LogP contribution in [0.25, 0.3) is 0 Å². The van der Waals surface area contributed by atoms with Crippen molar-refractivity contribution in [2.75, 3.05) is 24.6 Å². The standard InChI is InChI=1S/C16H30N2O3S/c1-6-13(7-2)17-14(19)12(3)18-8-15(4)10-22(20,21)11-16(15,5)9-18/h12-13H,6-11H2,1-5H3,(H,17,19)/t12?,15-,16+. The molecule has 128 valence electrons. The molecule has 1 N–H and O–H groups in total. The first kappa shape index (κ1) is 17.7. The maximum atomic E-state index is 12.4. The van der Waals surface area contributed by atoms with E-state index < -0.39 is 9.84 Å². The maximum absolute atomic E-state index is 12.4. The van der Waals surface area contributed by atoms with Crippen LogP contribution in [0, 0.1) is 10.8 Å². The van der Waals surface area contributed by atoms with Crippen LogP contribution in [-0.2, 0) is 14.6 Å². The van der Waals surface area contributed by atoms with Crippen molar-refractivity contribution >= 4 is 15.7 Å². The molecular formula is C16H30N2O3S. The summed E-state index contributed by atoms with van der Waals surface area (Å²) >= 11 is 0. The monoisotopic (exact) mass is 330 g/mol. The topological polar surface area (TPSA) is 66.5 Å². The molecule has 2 saturated heterocycles. The Kier molecular flexibility index (Phi) is 4.66. The van der Waals surface area contributed by atoms with E-state index in [4.69, 9.17) is 0 Å². The summed E-state index contributed by atoms with van der Waals surface area (Å²) in [4.78, 5) is 14.6. The molecule has 2 aliphatic heterocycles. The number of hydrogen-bond acceptors (Lipinski definition) is 4. The van der Waals surface area contributed by atoms with E-state index in [0.717, 1.165) is 12.8 Å². The molecule has 0 radical (unpaired) electrons. The summed E-state index contributed by atoms with van der Waals surface area (Å²) in [7, 11) is -2.95. The third kappa shape index (κ3) is 3.04. The minimum absolute atomic E-state index is 0.0590. The predicted molar refractivity (Wildman–Crippen MR) is 88.4 cm³/mol. The fourth-order valence-corrected chi connectivity index (χ4v) is 6.97. The van der Waals surface area contributed by atoms with Gasteiger partial charge < -0.3 is 5.32 Å². The molecule has 2 fully saturated rings. The van der Waals surface area contributed by atoms with Gasteiger partial charge in [-0.1, -0.05) is 27.7 Å². The first-order valence-electron chi connectivity index (χ1n) is 8.31. The van der Waals surface area contributed by atoms with Gasteiger partial charge in [0.05, 0.1) is 17.5 Å². The molecule has 0 saturated carbocycles. The highest BCUT2D eigenvalue weighted by atomic mass is 32.2. The highest BCUT2D eigenvalue weighted by Crippen LogP contribution is 2.53. The lowest BCUT2D eigenvalue weighted by Gasteiger charge is -2.30. The van der Waals surface area contributed by atoms with E-state index in [9.17, 15) is 13.2 Å². The Labute approximate surface area is 134 Å². The van der Waals surface area contributed by atoms with Crippen LogP contribution < -0.4 is 5.32 Å². The Bertz CT molecular complexity index is 518. The zero-order valence-electron chi connectivity index (χ0n) is 14.5. The summed E-state index contributed by atoms with van der Waals surface area (Å²) in [6.45, 7) is 11.6. The summed E-state index contributed by atoms with van der Waals surface area (Å²) in [5.74, 6) is 0.547. The number of nitrogens with one attached hydrogen (secondary N) is 1. The lowest BCUT2D eigenvalue weighted by molar-refractivity contribution is -0.126. The number of sulfone groups is 1. The van der Waals surface area contributed by atoms with Crippen molar-refractivity contribution in [1.82, 2.24) is 10.2 Å². The van der Waals surface area contributed by atoms with Crippen molar-refractivity contribution in [3.63, 3.8) is 0 Å². The number of carbonyl (C=O) groups excluding carboxylic acids is 1. The van der Waals surface area contributed by atoms with Crippen LogP contribution in [0.3, 0.4) is 0 Å². The lowest BCUT2D eigenvalue weighted by atomic mass is 9.71. The number of fused-ring (bicyclic) bond motifs is 1. The summed E-state index contributed by atoms with van der Waals surface area (Å²) in [6, 6.07) is 0.0196. The Hall–Kier alpha value is -0.620. The average molecular weight is 330 g/mol. The van der Waals surface area contributed by atoms with Crippen molar-refractivity contribution in [3.05, 3.63) is 0 Å². The number of hydrogen-bond donors (Lipinski definition) is 1. The zero-order valence-corrected chi connectivity index (χ0v) is 15.3. The molecule has 0 bridgehead atoms. The van der Waals surface area contributed by atoms with Gasteiger partial charge in [-0.15, -0.1) is 0 Å². The third-order valence-electron chi connectivity index (χ3n) is 5.90. The fourth-order valence-electron chi connectivity index (χ4n) is 4.05. The molecule has 0 aromatic carbocycles. The second kappa shape index (κ2) is 5.78. The normalized spacial score (nSPS) is 35.5. The van der Waals surface area contributed by atoms with E-state index in [1.165, 1.54) is 0 Å². The summed E-state index contributed by atoms with van der Waals surface area (Å²) in [6.07, 6.45) is 1.87. The summed E-state index contributed by atoms with van der Waals surface area (Å²) in [5, 5.41) is 3.10. The highest BCUT2D eigenvalue weighted by Gasteiger charge is 2.61. The predicted octanol–water partition coefficient (Wildman–Crippen LogP) is 1.44. The van der Waals surface area contributed by atoms with E-state index in [1.807, 2.05) is 6.92 Å². The van der Waals surface area contributed by atoms with Crippen LogP contribution in [0.1, 0.15) is 47.5 Å². The van der Waals surface area contributed by atoms with Crippen molar-refractivity contribution < 1.29 is 13.2 Å². The molecule has 2 heterocycles. The number of rotatable bonds is 5. The smallest absolute Gasteiger partial charge is 0.237 e. The molecule has 3 atom stereocenters. The molecule has 0 aliphatic carbocycles. The molecule has 6 heteroatoms. The SMILES string of the molecule is CCC(CC)NC(=O)C(C)N1C[C@@]2(C)CS(=O)(=O)C[C@@]2(C)C1. The number of nitrogens with zero attached hydrogens (tertiary/aromatic N) is 1. The first-order chi connectivity index (χ1) is 10.1. The Morgan fingerprint density at radius 3 is 2.00 bits per heavy atom. The van der Waals surface area contributed by atoms with Crippen LogP contribution in [0.4, 0.5) is 0 Å². The van der Waals surface area contributed by atoms with E-state index in [1.54, 1.807) is 0 Å². The maximum Gasteiger partial charge on any atom is 0.237 e. The molecule has 0 aromatic heterocycles. The van der Waals surface area contributed by atoms with Gasteiger partial charge in [0, 0.05) is 30.0 Å². The molecule has 1 amide bonds. The van der Waals surface area contributed by atoms with E-state index in [-0.39, 0.29) is 40.3 Å². The van der Waals surface area contributed by atoms with Crippen molar-refractivity contribution in [2.45, 2.75) is 59.5 Å². The molecule has 2 rings (SSSR count). The van der Waals surface area contributed by atoms with Gasteiger partial charge in [0.2, 0.25) is 5.91 Å². The van der Waals surface area contributed by atoms with Gasteiger partial charge in [0.25, 0.3) is 0 Å². The minimum atomic E-state index is -2.95. The minimum Gasteiger partial charge on any atom is -0.352 e. The van der Waals surface area contributed by atoms with Gasteiger partial charge in [-0.3, -0.25) is 9.69 Å². The second-order valence-corrected chi connectivity index (χ2v) is 9.82. The lowest BCUT2D eigenvalue weighted by Crippen LogP contribution is -2.48. The van der Waals surface area contributed by atoms with Gasteiger partial charge in [-0.05, 0) is 19.8 Å². The summed E-state index contributed by atoms with van der Waals surface area (Å²) < 4.78 is 24.0. The number of likely N-dealkylation sites (tertiary alicyclic amines) is 1. The largest absolute Gasteiger partial charge is 0.352 e. The summed E-state index contributed by atoms with van der Waals surface area (Å²) in [5.41, 5.74) is -0.482. The van der Waals surface area contributed by atoms with Crippen LogP contribution in [0.2, 0.25) is 0 Å². The first-order valence-corrected chi connectivity index (χ1v) is 10.1. The van der Waals surface area contributed by atoms with Crippen LogP contribution in [-0.4, -0.2) is 55.9 Å². The fraction of sp³-hybridized carbons (Fsp3) is 0.938. The molecule has 1 unspecified atom stereocenters. The van der Waals surface area contributed by atoms with Gasteiger partial charge in [0.1, 0.15) is 0 Å². The Morgan fingerprint density at radius 1 is 1.14 bits per heavy atom. The number of carbonyl (C=O) groups is 1. The van der Waals surface area contributed by atoms with Crippen molar-refractivity contribution in [2.24, 2.45) is 10.8 Å². The van der Waals surface area contributed by atoms with Gasteiger partial charge >= 0.3 is 0 Å². The van der Waals surface area contributed by atoms with E-state index in [2.05, 4.69) is 37.9 Å². The second-order valence-electron chi connectivity index (χ2n) is 7.76. The molecule has 22 heavy (non-hydrogen) atoms. The molecule has 0 aromatic rings. The Balaban J connectivity index is 2.06. The molecule has 5 nitrogen and oxygen atoms in total. The van der Waals surface area contributed by atoms with Crippen LogP contribution in [0.15, 0.2) is 0 Å². The zero-order chi connectivity index (χ0) is 16.8. The van der Waals surface area contributed by atoms with Crippen molar-refractivity contribution in [3.8, 4) is 0 Å². The van der Waals surface area contributed by atoms with Crippen LogP contribution >= 0.6 is 0 Å². The van der Waals surface area contributed by atoms with Gasteiger partial charge in [-0.2, -0.15) is 0 Å². The molecule has 2 aliphatic rings. The van der Waals surface area contributed by atoms with E-state index >= 15 is 0 Å². The quantitative estimate of drug-likeness (QED) is 0.828. The third-order valence-corrected chi connectivity index (χ3v) is 8.05. The highest BCUT2D eigenvalue weighted by molar-refractivity contribution is 7.91. The molecular weight excluding hydrogens is 300 g/mol. The van der Waals surface area contributed by atoms with E-state index in [0.29, 0.717) is 13.1 Å². The van der Waals surface area contributed by atoms with Gasteiger partial charge in [0.15, 0.2) is 9.84 Å². The average Bonchev–Trinajstić information content (AvgIpc) is 2.73. The number of amides is 1. The van der Waals surface area contributed by atoms with Crippen LogP contribution in [0.5, 0.6) is 0 Å². The molecule has 0 spiro atoms. The van der Waals surface area contributed by atoms with Crippen molar-refractivity contribution in [1.29, 1.82) is 0 Å². The van der Waals surface area contributed by atoms with Gasteiger partial charge in [-0.25, -0.2) is 8.42 Å². The Morgan fingerprint density at radius 2 is 1.59 bits per heavy atom.